The Labute approximate surface area is 88.5 Å². The van der Waals surface area contributed by atoms with E-state index in [-0.39, 0.29) is 5.92 Å². The number of anilines is 1. The van der Waals surface area contributed by atoms with Crippen LogP contribution in [-0.4, -0.2) is 30.0 Å². The van der Waals surface area contributed by atoms with Gasteiger partial charge in [-0.15, -0.1) is 0 Å². The van der Waals surface area contributed by atoms with Gasteiger partial charge in [0.15, 0.2) is 0 Å². The summed E-state index contributed by atoms with van der Waals surface area (Å²) < 4.78 is 5.19. The Kier molecular flexibility index (Phi) is 2.70. The molecule has 82 valence electrons. The van der Waals surface area contributed by atoms with Crippen LogP contribution in [0.15, 0.2) is 4.52 Å². The van der Waals surface area contributed by atoms with Crippen molar-refractivity contribution in [3.05, 3.63) is 5.89 Å². The first-order valence-electron chi connectivity index (χ1n) is 5.19. The second-order valence-corrected chi connectivity index (χ2v) is 4.14. The van der Waals surface area contributed by atoms with Gasteiger partial charge in [0.1, 0.15) is 5.78 Å². The second kappa shape index (κ2) is 4.00. The van der Waals surface area contributed by atoms with E-state index < -0.39 is 0 Å². The molecular weight excluding hydrogens is 194 g/mol. The molecule has 0 bridgehead atoms. The molecule has 1 aromatic rings. The number of ketones is 1. The minimum atomic E-state index is 0.267. The summed E-state index contributed by atoms with van der Waals surface area (Å²) in [5.74, 6) is 1.88. The molecule has 0 radical (unpaired) electrons. The van der Waals surface area contributed by atoms with E-state index in [1.54, 1.807) is 4.90 Å². The molecular formula is C10H15N3O2. The van der Waals surface area contributed by atoms with Crippen LogP contribution in [0, 0.1) is 0 Å². The van der Waals surface area contributed by atoms with Gasteiger partial charge in [0.05, 0.1) is 0 Å². The molecule has 5 nitrogen and oxygen atoms in total. The molecule has 5 heteroatoms. The number of Topliss-reactive ketones (excluding diaryl/α,β-unsaturated/α-hetero) is 1. The molecule has 1 aromatic heterocycles. The minimum Gasteiger partial charge on any atom is -0.344 e. The predicted molar refractivity (Wildman–Crippen MR) is 54.8 cm³/mol. The van der Waals surface area contributed by atoms with Crippen molar-refractivity contribution < 1.29 is 9.32 Å². The van der Waals surface area contributed by atoms with Crippen LogP contribution in [0.4, 0.5) is 5.95 Å². The van der Waals surface area contributed by atoms with Crippen LogP contribution < -0.4 is 4.90 Å². The monoisotopic (exact) mass is 209 g/mol. The zero-order valence-corrected chi connectivity index (χ0v) is 9.06. The van der Waals surface area contributed by atoms with E-state index in [1.165, 1.54) is 0 Å². The molecule has 1 fully saturated rings. The number of hydrogen-bond acceptors (Lipinski definition) is 5. The predicted octanol–water partition coefficient (Wildman–Crippen LogP) is 1.36. The van der Waals surface area contributed by atoms with Gasteiger partial charge < -0.3 is 9.42 Å². The summed E-state index contributed by atoms with van der Waals surface area (Å²) in [7, 11) is 3.75. The van der Waals surface area contributed by atoms with E-state index in [0.717, 1.165) is 12.8 Å². The lowest BCUT2D eigenvalue weighted by atomic mass is 9.88. The van der Waals surface area contributed by atoms with Crippen LogP contribution in [0.2, 0.25) is 0 Å². The lowest BCUT2D eigenvalue weighted by Crippen LogP contribution is -2.13. The Bertz CT molecular complexity index is 349. The second-order valence-electron chi connectivity index (χ2n) is 4.14. The van der Waals surface area contributed by atoms with Crippen LogP contribution in [0.1, 0.15) is 37.5 Å². The van der Waals surface area contributed by atoms with Crippen molar-refractivity contribution in [1.29, 1.82) is 0 Å². The van der Waals surface area contributed by atoms with Crippen LogP contribution >= 0.6 is 0 Å². The zero-order chi connectivity index (χ0) is 10.8. The molecule has 0 N–H and O–H groups in total. The molecule has 0 amide bonds. The average molecular weight is 209 g/mol. The number of nitrogens with zero attached hydrogens (tertiary/aromatic N) is 3. The van der Waals surface area contributed by atoms with E-state index in [1.807, 2.05) is 14.1 Å². The van der Waals surface area contributed by atoms with E-state index in [9.17, 15) is 4.79 Å². The van der Waals surface area contributed by atoms with E-state index in [0.29, 0.717) is 30.5 Å². The molecule has 1 heterocycles. The Morgan fingerprint density at radius 1 is 1.33 bits per heavy atom. The third-order valence-corrected chi connectivity index (χ3v) is 2.72. The maximum atomic E-state index is 11.1. The van der Waals surface area contributed by atoms with Crippen molar-refractivity contribution in [3.8, 4) is 0 Å². The minimum absolute atomic E-state index is 0.267. The zero-order valence-electron chi connectivity index (χ0n) is 9.06. The molecule has 0 aliphatic heterocycles. The van der Waals surface area contributed by atoms with E-state index in [2.05, 4.69) is 10.1 Å². The van der Waals surface area contributed by atoms with E-state index >= 15 is 0 Å². The fourth-order valence-corrected chi connectivity index (χ4v) is 1.76. The molecule has 1 aliphatic rings. The molecule has 0 spiro atoms. The van der Waals surface area contributed by atoms with Gasteiger partial charge in [-0.05, 0) is 18.0 Å². The Morgan fingerprint density at radius 3 is 2.53 bits per heavy atom. The van der Waals surface area contributed by atoms with Crippen LogP contribution in [0.25, 0.3) is 0 Å². The molecule has 2 rings (SSSR count). The SMILES string of the molecule is CN(C)c1noc(C2CCC(=O)CC2)n1. The molecule has 0 saturated heterocycles. The summed E-state index contributed by atoms with van der Waals surface area (Å²) in [6.45, 7) is 0. The maximum absolute atomic E-state index is 11.1. The number of carbonyl (C=O) groups is 1. The summed E-state index contributed by atoms with van der Waals surface area (Å²) in [5, 5.41) is 3.86. The number of aromatic nitrogens is 2. The summed E-state index contributed by atoms with van der Waals surface area (Å²) in [6.07, 6.45) is 2.97. The molecule has 1 aliphatic carbocycles. The normalized spacial score (nSPS) is 18.1. The van der Waals surface area contributed by atoms with Crippen LogP contribution in [0.5, 0.6) is 0 Å². The highest BCUT2D eigenvalue weighted by atomic mass is 16.5. The number of carbonyl (C=O) groups excluding carboxylic acids is 1. The fourth-order valence-electron chi connectivity index (χ4n) is 1.76. The van der Waals surface area contributed by atoms with Crippen molar-refractivity contribution in [1.82, 2.24) is 10.1 Å². The Balaban J connectivity index is 2.06. The summed E-state index contributed by atoms with van der Waals surface area (Å²) in [5.41, 5.74) is 0. The maximum Gasteiger partial charge on any atom is 0.265 e. The fraction of sp³-hybridized carbons (Fsp3) is 0.700. The van der Waals surface area contributed by atoms with Crippen LogP contribution in [0.3, 0.4) is 0 Å². The van der Waals surface area contributed by atoms with Crippen molar-refractivity contribution in [3.63, 3.8) is 0 Å². The van der Waals surface area contributed by atoms with Gasteiger partial charge in [-0.3, -0.25) is 4.79 Å². The molecule has 0 atom stereocenters. The third-order valence-electron chi connectivity index (χ3n) is 2.72. The molecule has 0 aromatic carbocycles. The largest absolute Gasteiger partial charge is 0.344 e. The highest BCUT2D eigenvalue weighted by Gasteiger charge is 2.25. The average Bonchev–Trinajstić information content (AvgIpc) is 2.68. The van der Waals surface area contributed by atoms with Gasteiger partial charge in [0, 0.05) is 32.9 Å². The van der Waals surface area contributed by atoms with Crippen molar-refractivity contribution in [2.45, 2.75) is 31.6 Å². The van der Waals surface area contributed by atoms with Gasteiger partial charge in [-0.1, -0.05) is 0 Å². The van der Waals surface area contributed by atoms with Gasteiger partial charge in [0.2, 0.25) is 5.89 Å². The molecule has 0 unspecified atom stereocenters. The first kappa shape index (κ1) is 10.1. The Hall–Kier alpha value is -1.39. The van der Waals surface area contributed by atoms with Crippen molar-refractivity contribution >= 4 is 11.7 Å². The van der Waals surface area contributed by atoms with Gasteiger partial charge in [-0.25, -0.2) is 0 Å². The summed E-state index contributed by atoms with van der Waals surface area (Å²) in [6, 6.07) is 0. The van der Waals surface area contributed by atoms with Crippen molar-refractivity contribution in [2.75, 3.05) is 19.0 Å². The highest BCUT2D eigenvalue weighted by Crippen LogP contribution is 2.30. The first-order valence-corrected chi connectivity index (χ1v) is 5.19. The molecule has 1 saturated carbocycles. The Morgan fingerprint density at radius 2 is 2.00 bits per heavy atom. The van der Waals surface area contributed by atoms with Gasteiger partial charge in [-0.2, -0.15) is 4.98 Å². The number of rotatable bonds is 2. The topological polar surface area (TPSA) is 59.2 Å². The third kappa shape index (κ3) is 2.16. The van der Waals surface area contributed by atoms with E-state index in [4.69, 9.17) is 4.52 Å². The van der Waals surface area contributed by atoms with Crippen molar-refractivity contribution in [2.24, 2.45) is 0 Å². The quantitative estimate of drug-likeness (QED) is 0.736. The smallest absolute Gasteiger partial charge is 0.265 e. The summed E-state index contributed by atoms with van der Waals surface area (Å²) >= 11 is 0. The number of hydrogen-bond donors (Lipinski definition) is 0. The van der Waals surface area contributed by atoms with Gasteiger partial charge in [0.25, 0.3) is 5.95 Å². The lowest BCUT2D eigenvalue weighted by molar-refractivity contribution is -0.120. The van der Waals surface area contributed by atoms with Crippen LogP contribution in [-0.2, 0) is 4.79 Å². The first-order chi connectivity index (χ1) is 7.16. The highest BCUT2D eigenvalue weighted by molar-refractivity contribution is 5.79. The standard InChI is InChI=1S/C10H15N3O2/c1-13(2)10-11-9(15-12-10)7-3-5-8(14)6-4-7/h7H,3-6H2,1-2H3. The van der Waals surface area contributed by atoms with Gasteiger partial charge >= 0.3 is 0 Å². The summed E-state index contributed by atoms with van der Waals surface area (Å²) in [4.78, 5) is 17.2. The lowest BCUT2D eigenvalue weighted by Gasteiger charge is -2.16. The molecule has 15 heavy (non-hydrogen) atoms.